The van der Waals surface area contributed by atoms with Crippen LogP contribution in [0.3, 0.4) is 0 Å². The highest BCUT2D eigenvalue weighted by molar-refractivity contribution is 5.73. The van der Waals surface area contributed by atoms with Gasteiger partial charge in [0.05, 0.1) is 0 Å². The van der Waals surface area contributed by atoms with Crippen LogP contribution in [0.15, 0.2) is 12.3 Å². The molecule has 1 heterocycles. The molecule has 0 saturated carbocycles. The van der Waals surface area contributed by atoms with Crippen LogP contribution in [0.25, 0.3) is 0 Å². The van der Waals surface area contributed by atoms with Crippen molar-refractivity contribution in [1.82, 2.24) is 14.7 Å². The highest BCUT2D eigenvalue weighted by Crippen LogP contribution is 2.16. The van der Waals surface area contributed by atoms with Crippen LogP contribution in [0.1, 0.15) is 6.92 Å². The molecule has 5 heteroatoms. The Morgan fingerprint density at radius 2 is 2.20 bits per heavy atom. The lowest BCUT2D eigenvalue weighted by molar-refractivity contribution is -0.148. The van der Waals surface area contributed by atoms with E-state index in [-0.39, 0.29) is 6.29 Å². The second kappa shape index (κ2) is 4.63. The van der Waals surface area contributed by atoms with Crippen LogP contribution in [0.2, 0.25) is 0 Å². The van der Waals surface area contributed by atoms with Crippen molar-refractivity contribution in [2.45, 2.75) is 19.3 Å². The quantitative estimate of drug-likeness (QED) is 0.718. The number of nitrogens with zero attached hydrogens (tertiary/aromatic N) is 3. The lowest BCUT2D eigenvalue weighted by atomic mass is 10.2. The van der Waals surface area contributed by atoms with Crippen molar-refractivity contribution in [3.8, 4) is 0 Å². The molecule has 0 amide bonds. The van der Waals surface area contributed by atoms with Crippen molar-refractivity contribution >= 4 is 5.97 Å². The molecule has 0 aliphatic carbocycles. The van der Waals surface area contributed by atoms with Gasteiger partial charge in [0.15, 0.2) is 0 Å². The third-order valence-corrected chi connectivity index (χ3v) is 2.63. The van der Waals surface area contributed by atoms with E-state index in [0.717, 1.165) is 0 Å². The molecule has 0 aromatic carbocycles. The second-order valence-electron chi connectivity index (χ2n) is 4.07. The van der Waals surface area contributed by atoms with Crippen molar-refractivity contribution in [2.75, 3.05) is 27.7 Å². The molecule has 0 fully saturated rings. The monoisotopic (exact) mass is 213 g/mol. The van der Waals surface area contributed by atoms with Gasteiger partial charge in [-0.05, 0) is 27.2 Å². The van der Waals surface area contributed by atoms with Gasteiger partial charge in [0, 0.05) is 13.6 Å². The van der Waals surface area contributed by atoms with E-state index in [0.29, 0.717) is 6.54 Å². The summed E-state index contributed by atoms with van der Waals surface area (Å²) in [7, 11) is 5.84. The summed E-state index contributed by atoms with van der Waals surface area (Å²) < 4.78 is 0. The molecule has 1 N–H and O–H groups in total. The Morgan fingerprint density at radius 3 is 2.67 bits per heavy atom. The van der Waals surface area contributed by atoms with E-state index in [1.54, 1.807) is 6.92 Å². The van der Waals surface area contributed by atoms with Gasteiger partial charge >= 0.3 is 5.97 Å². The Hall–Kier alpha value is -1.07. The van der Waals surface area contributed by atoms with Crippen LogP contribution >= 0.6 is 0 Å². The third-order valence-electron chi connectivity index (χ3n) is 2.63. The van der Waals surface area contributed by atoms with Crippen molar-refractivity contribution in [3.63, 3.8) is 0 Å². The molecule has 0 saturated heterocycles. The Kier molecular flexibility index (Phi) is 3.71. The fourth-order valence-electron chi connectivity index (χ4n) is 1.90. The van der Waals surface area contributed by atoms with Crippen molar-refractivity contribution in [3.05, 3.63) is 12.3 Å². The minimum atomic E-state index is -0.787. The number of rotatable bonds is 3. The van der Waals surface area contributed by atoms with Crippen LogP contribution < -0.4 is 0 Å². The number of hydrogen-bond donors (Lipinski definition) is 1. The number of carboxylic acid groups (broad SMARTS) is 1. The van der Waals surface area contributed by atoms with Gasteiger partial charge in [-0.3, -0.25) is 14.6 Å². The fourth-order valence-corrected chi connectivity index (χ4v) is 1.90. The Morgan fingerprint density at radius 1 is 1.60 bits per heavy atom. The van der Waals surface area contributed by atoms with Gasteiger partial charge in [-0.15, -0.1) is 0 Å². The summed E-state index contributed by atoms with van der Waals surface area (Å²) in [5.41, 5.74) is 0. The van der Waals surface area contributed by atoms with Crippen LogP contribution in [0, 0.1) is 0 Å². The molecule has 86 valence electrons. The van der Waals surface area contributed by atoms with Crippen molar-refractivity contribution in [2.24, 2.45) is 0 Å². The second-order valence-corrected chi connectivity index (χ2v) is 4.07. The fraction of sp³-hybridized carbons (Fsp3) is 0.700. The highest BCUT2D eigenvalue weighted by Gasteiger charge is 2.32. The van der Waals surface area contributed by atoms with Crippen LogP contribution in [0.5, 0.6) is 0 Å². The summed E-state index contributed by atoms with van der Waals surface area (Å²) >= 11 is 0. The first kappa shape index (κ1) is 12.0. The van der Waals surface area contributed by atoms with Crippen LogP contribution in [-0.2, 0) is 4.79 Å². The molecule has 0 spiro atoms. The Balaban J connectivity index is 2.86. The molecular formula is C10H19N3O2. The van der Waals surface area contributed by atoms with Gasteiger partial charge < -0.3 is 10.0 Å². The lowest BCUT2D eigenvalue weighted by Crippen LogP contribution is -2.59. The van der Waals surface area contributed by atoms with Gasteiger partial charge in [-0.1, -0.05) is 6.08 Å². The molecule has 1 aliphatic heterocycles. The number of carbonyl (C=O) groups is 1. The SMILES string of the molecule is CC(C(=O)O)N1CC=CN(C)C1N(C)C. The zero-order valence-electron chi connectivity index (χ0n) is 9.71. The predicted molar refractivity (Wildman–Crippen MR) is 58.2 cm³/mol. The first-order valence-corrected chi connectivity index (χ1v) is 4.98. The van der Waals surface area contributed by atoms with E-state index in [1.807, 2.05) is 48.1 Å². The summed E-state index contributed by atoms with van der Waals surface area (Å²) in [5.74, 6) is -0.787. The first-order valence-electron chi connectivity index (χ1n) is 4.98. The zero-order chi connectivity index (χ0) is 11.6. The van der Waals surface area contributed by atoms with E-state index >= 15 is 0 Å². The molecule has 15 heavy (non-hydrogen) atoms. The maximum atomic E-state index is 11.0. The van der Waals surface area contributed by atoms with E-state index in [2.05, 4.69) is 0 Å². The minimum Gasteiger partial charge on any atom is -0.480 e. The van der Waals surface area contributed by atoms with Gasteiger partial charge in [0.1, 0.15) is 12.3 Å². The van der Waals surface area contributed by atoms with Gasteiger partial charge in [-0.2, -0.15) is 0 Å². The molecule has 0 aromatic rings. The summed E-state index contributed by atoms with van der Waals surface area (Å²) in [5, 5.41) is 9.02. The molecule has 2 atom stereocenters. The maximum Gasteiger partial charge on any atom is 0.320 e. The maximum absolute atomic E-state index is 11.0. The first-order chi connectivity index (χ1) is 6.95. The number of aliphatic carboxylic acids is 1. The van der Waals surface area contributed by atoms with E-state index in [9.17, 15) is 4.79 Å². The average Bonchev–Trinajstić information content (AvgIpc) is 2.15. The highest BCUT2D eigenvalue weighted by atomic mass is 16.4. The predicted octanol–water partition coefficient (Wildman–Crippen LogP) is 0.0658. The zero-order valence-corrected chi connectivity index (χ0v) is 9.71. The van der Waals surface area contributed by atoms with Gasteiger partial charge in [-0.25, -0.2) is 0 Å². The Bertz CT molecular complexity index is 265. The number of carboxylic acids is 1. The molecular weight excluding hydrogens is 194 g/mol. The van der Waals surface area contributed by atoms with Crippen molar-refractivity contribution in [1.29, 1.82) is 0 Å². The lowest BCUT2D eigenvalue weighted by Gasteiger charge is -2.44. The molecule has 1 rings (SSSR count). The average molecular weight is 213 g/mol. The topological polar surface area (TPSA) is 47.0 Å². The number of hydrogen-bond acceptors (Lipinski definition) is 4. The van der Waals surface area contributed by atoms with Crippen molar-refractivity contribution < 1.29 is 9.90 Å². The summed E-state index contributed by atoms with van der Waals surface area (Å²) in [6.45, 7) is 2.38. The minimum absolute atomic E-state index is 0.00102. The molecule has 0 aromatic heterocycles. The smallest absolute Gasteiger partial charge is 0.320 e. The molecule has 5 nitrogen and oxygen atoms in total. The van der Waals surface area contributed by atoms with Gasteiger partial charge in [0.2, 0.25) is 0 Å². The molecule has 0 bridgehead atoms. The van der Waals surface area contributed by atoms with Crippen LogP contribution in [-0.4, -0.2) is 65.8 Å². The van der Waals surface area contributed by atoms with E-state index in [1.165, 1.54) is 0 Å². The third kappa shape index (κ3) is 2.49. The molecule has 2 unspecified atom stereocenters. The summed E-state index contributed by atoms with van der Waals surface area (Å²) in [4.78, 5) is 16.9. The molecule has 1 aliphatic rings. The van der Waals surface area contributed by atoms with Gasteiger partial charge in [0.25, 0.3) is 0 Å². The summed E-state index contributed by atoms with van der Waals surface area (Å²) in [6, 6.07) is -0.482. The summed E-state index contributed by atoms with van der Waals surface area (Å²) in [6.07, 6.45) is 3.95. The normalized spacial score (nSPS) is 24.6. The Labute approximate surface area is 90.6 Å². The standard InChI is InChI=1S/C10H19N3O2/c1-8(9(14)15)13-7-5-6-12(4)10(13)11(2)3/h5-6,8,10H,7H2,1-4H3,(H,14,15). The van der Waals surface area contributed by atoms with E-state index < -0.39 is 12.0 Å². The van der Waals surface area contributed by atoms with Crippen LogP contribution in [0.4, 0.5) is 0 Å². The molecule has 0 radical (unpaired) electrons. The largest absolute Gasteiger partial charge is 0.480 e. The van der Waals surface area contributed by atoms with E-state index in [4.69, 9.17) is 5.11 Å².